The molecule has 0 radical (unpaired) electrons. The van der Waals surface area contributed by atoms with Gasteiger partial charge in [0.25, 0.3) is 0 Å². The van der Waals surface area contributed by atoms with Gasteiger partial charge in [-0.05, 0) is 39.2 Å². The number of hydrogen-bond acceptors (Lipinski definition) is 2. The molecule has 2 heteroatoms. The molecular formula is C18H37NO. The van der Waals surface area contributed by atoms with Crippen LogP contribution in [0.4, 0.5) is 0 Å². The highest BCUT2D eigenvalue weighted by atomic mass is 16.5. The van der Waals surface area contributed by atoms with Gasteiger partial charge in [0.15, 0.2) is 0 Å². The fourth-order valence-corrected chi connectivity index (χ4v) is 3.34. The number of hydrogen-bond donors (Lipinski definition) is 1. The van der Waals surface area contributed by atoms with E-state index in [1.54, 1.807) is 0 Å². The second-order valence-electron chi connectivity index (χ2n) is 6.89. The first-order valence-corrected chi connectivity index (χ1v) is 8.97. The number of unbranched alkanes of at least 4 members (excludes halogenated alkanes) is 3. The maximum absolute atomic E-state index is 6.34. The maximum atomic E-state index is 6.34. The molecule has 0 aliphatic heterocycles. The van der Waals surface area contributed by atoms with Gasteiger partial charge >= 0.3 is 0 Å². The highest BCUT2D eigenvalue weighted by Gasteiger charge is 2.51. The van der Waals surface area contributed by atoms with Crippen LogP contribution in [0.5, 0.6) is 0 Å². The van der Waals surface area contributed by atoms with E-state index in [-0.39, 0.29) is 0 Å². The zero-order valence-electron chi connectivity index (χ0n) is 14.5. The molecule has 1 N–H and O–H groups in total. The first kappa shape index (κ1) is 18.0. The minimum Gasteiger partial charge on any atom is -0.375 e. The van der Waals surface area contributed by atoms with Crippen molar-refractivity contribution in [1.82, 2.24) is 5.32 Å². The van der Waals surface area contributed by atoms with Gasteiger partial charge in [-0.25, -0.2) is 0 Å². The molecule has 0 aromatic heterocycles. The Morgan fingerprint density at radius 2 is 1.90 bits per heavy atom. The van der Waals surface area contributed by atoms with Gasteiger partial charge < -0.3 is 10.1 Å². The van der Waals surface area contributed by atoms with E-state index in [4.69, 9.17) is 4.74 Å². The molecule has 1 fully saturated rings. The van der Waals surface area contributed by atoms with E-state index >= 15 is 0 Å². The quantitative estimate of drug-likeness (QED) is 0.543. The van der Waals surface area contributed by atoms with E-state index in [0.717, 1.165) is 6.54 Å². The van der Waals surface area contributed by atoms with Gasteiger partial charge in [-0.3, -0.25) is 0 Å². The predicted octanol–water partition coefficient (Wildman–Crippen LogP) is 4.92. The third-order valence-corrected chi connectivity index (χ3v) is 5.24. The summed E-state index contributed by atoms with van der Waals surface area (Å²) in [5.74, 6) is 0. The summed E-state index contributed by atoms with van der Waals surface area (Å²) in [6.45, 7) is 12.6. The minimum atomic E-state index is 0.340. The van der Waals surface area contributed by atoms with Crippen LogP contribution in [0, 0.1) is 5.41 Å². The minimum absolute atomic E-state index is 0.340. The van der Waals surface area contributed by atoms with Crippen LogP contribution in [0.25, 0.3) is 0 Å². The summed E-state index contributed by atoms with van der Waals surface area (Å²) >= 11 is 0. The number of ether oxygens (including phenoxy) is 1. The second kappa shape index (κ2) is 9.04. The molecule has 0 aromatic carbocycles. The molecule has 0 spiro atoms. The summed E-state index contributed by atoms with van der Waals surface area (Å²) in [6.07, 6.45) is 11.1. The fraction of sp³-hybridized carbons (Fsp3) is 1.00. The predicted molar refractivity (Wildman–Crippen MR) is 88.2 cm³/mol. The lowest BCUT2D eigenvalue weighted by Crippen LogP contribution is -2.62. The van der Waals surface area contributed by atoms with Gasteiger partial charge in [0.05, 0.1) is 12.2 Å². The Bertz CT molecular complexity index is 256. The monoisotopic (exact) mass is 283 g/mol. The van der Waals surface area contributed by atoms with E-state index in [1.165, 1.54) is 51.4 Å². The summed E-state index contributed by atoms with van der Waals surface area (Å²) in [5.41, 5.74) is 0.340. The molecule has 0 bridgehead atoms. The first-order valence-electron chi connectivity index (χ1n) is 8.97. The molecule has 4 atom stereocenters. The van der Waals surface area contributed by atoms with Crippen molar-refractivity contribution in [2.75, 3.05) is 6.54 Å². The van der Waals surface area contributed by atoms with Crippen LogP contribution in [0.3, 0.4) is 0 Å². The van der Waals surface area contributed by atoms with E-state index < -0.39 is 0 Å². The average molecular weight is 284 g/mol. The Balaban J connectivity index is 2.29. The van der Waals surface area contributed by atoms with E-state index in [1.807, 2.05) is 0 Å². The molecule has 2 nitrogen and oxygen atoms in total. The van der Waals surface area contributed by atoms with E-state index in [0.29, 0.717) is 23.7 Å². The standard InChI is InChI=1S/C18H37NO/c1-6-9-10-11-12-15(4)20-17-14-16(19-13-7-2)18(17,5)8-3/h15-17,19H,6-14H2,1-5H3. The highest BCUT2D eigenvalue weighted by Crippen LogP contribution is 2.46. The molecule has 0 aromatic rings. The molecule has 20 heavy (non-hydrogen) atoms. The molecule has 1 rings (SSSR count). The fourth-order valence-electron chi connectivity index (χ4n) is 3.34. The Hall–Kier alpha value is -0.0800. The van der Waals surface area contributed by atoms with Crippen LogP contribution in [0.15, 0.2) is 0 Å². The summed E-state index contributed by atoms with van der Waals surface area (Å²) in [7, 11) is 0. The lowest BCUT2D eigenvalue weighted by molar-refractivity contribution is -0.154. The van der Waals surface area contributed by atoms with Gasteiger partial charge in [-0.1, -0.05) is 53.4 Å². The van der Waals surface area contributed by atoms with Crippen LogP contribution in [-0.2, 0) is 4.74 Å². The van der Waals surface area contributed by atoms with Crippen LogP contribution in [0.2, 0.25) is 0 Å². The van der Waals surface area contributed by atoms with Crippen molar-refractivity contribution in [3.63, 3.8) is 0 Å². The van der Waals surface area contributed by atoms with Crippen molar-refractivity contribution in [2.45, 2.75) is 104 Å². The molecule has 1 aliphatic carbocycles. The zero-order chi connectivity index (χ0) is 15.0. The maximum Gasteiger partial charge on any atom is 0.0662 e. The third-order valence-electron chi connectivity index (χ3n) is 5.24. The van der Waals surface area contributed by atoms with E-state index in [2.05, 4.69) is 39.9 Å². The van der Waals surface area contributed by atoms with Crippen molar-refractivity contribution >= 4 is 0 Å². The first-order chi connectivity index (χ1) is 9.58. The molecule has 0 amide bonds. The molecule has 1 saturated carbocycles. The van der Waals surface area contributed by atoms with Crippen molar-refractivity contribution in [2.24, 2.45) is 5.41 Å². The Morgan fingerprint density at radius 1 is 1.15 bits per heavy atom. The Morgan fingerprint density at radius 3 is 2.50 bits per heavy atom. The van der Waals surface area contributed by atoms with Gasteiger partial charge in [-0.15, -0.1) is 0 Å². The van der Waals surface area contributed by atoms with Crippen LogP contribution in [0.1, 0.15) is 86.0 Å². The topological polar surface area (TPSA) is 21.3 Å². The Labute approximate surface area is 127 Å². The molecule has 120 valence electrons. The second-order valence-corrected chi connectivity index (χ2v) is 6.89. The summed E-state index contributed by atoms with van der Waals surface area (Å²) in [5, 5.41) is 3.69. The molecule has 4 unspecified atom stereocenters. The average Bonchev–Trinajstić information content (AvgIpc) is 2.45. The molecule has 0 saturated heterocycles. The van der Waals surface area contributed by atoms with Crippen LogP contribution in [-0.4, -0.2) is 24.8 Å². The third kappa shape index (κ3) is 4.73. The molecule has 1 aliphatic rings. The summed E-state index contributed by atoms with van der Waals surface area (Å²) in [4.78, 5) is 0. The lowest BCUT2D eigenvalue weighted by Gasteiger charge is -2.54. The number of rotatable bonds is 11. The number of nitrogens with one attached hydrogen (secondary N) is 1. The largest absolute Gasteiger partial charge is 0.375 e. The normalized spacial score (nSPS) is 31.1. The molecular weight excluding hydrogens is 246 g/mol. The smallest absolute Gasteiger partial charge is 0.0662 e. The van der Waals surface area contributed by atoms with Crippen LogP contribution >= 0.6 is 0 Å². The van der Waals surface area contributed by atoms with Gasteiger partial charge in [-0.2, -0.15) is 0 Å². The lowest BCUT2D eigenvalue weighted by atomic mass is 9.61. The highest BCUT2D eigenvalue weighted by molar-refractivity contribution is 5.04. The zero-order valence-corrected chi connectivity index (χ0v) is 14.5. The van der Waals surface area contributed by atoms with Crippen molar-refractivity contribution in [3.05, 3.63) is 0 Å². The molecule has 0 heterocycles. The summed E-state index contributed by atoms with van der Waals surface area (Å²) < 4.78 is 6.34. The summed E-state index contributed by atoms with van der Waals surface area (Å²) in [6, 6.07) is 0.657. The van der Waals surface area contributed by atoms with Crippen molar-refractivity contribution in [3.8, 4) is 0 Å². The van der Waals surface area contributed by atoms with Crippen molar-refractivity contribution in [1.29, 1.82) is 0 Å². The van der Waals surface area contributed by atoms with Gasteiger partial charge in [0, 0.05) is 11.5 Å². The Kier molecular flexibility index (Phi) is 8.13. The SMILES string of the molecule is CCCCCCC(C)OC1CC(NCCC)C1(C)CC. The van der Waals surface area contributed by atoms with Gasteiger partial charge in [0.2, 0.25) is 0 Å². The van der Waals surface area contributed by atoms with Crippen molar-refractivity contribution < 1.29 is 4.74 Å². The van der Waals surface area contributed by atoms with E-state index in [9.17, 15) is 0 Å². The van der Waals surface area contributed by atoms with Crippen LogP contribution < -0.4 is 5.32 Å². The van der Waals surface area contributed by atoms with Gasteiger partial charge in [0.1, 0.15) is 0 Å².